The maximum absolute atomic E-state index is 13.0. The highest BCUT2D eigenvalue weighted by molar-refractivity contribution is 6.42. The average Bonchev–Trinajstić information content (AvgIpc) is 2.81. The van der Waals surface area contributed by atoms with E-state index in [1.54, 1.807) is 19.1 Å². The summed E-state index contributed by atoms with van der Waals surface area (Å²) in [4.78, 5) is 50.1. The van der Waals surface area contributed by atoms with E-state index in [-0.39, 0.29) is 24.3 Å². The van der Waals surface area contributed by atoms with Gasteiger partial charge in [-0.15, -0.1) is 0 Å². The first-order valence-electron chi connectivity index (χ1n) is 11.1. The van der Waals surface area contributed by atoms with Gasteiger partial charge in [0, 0.05) is 58.3 Å². The zero-order chi connectivity index (χ0) is 26.0. The molecule has 1 atom stereocenters. The lowest BCUT2D eigenvalue weighted by atomic mass is 10.1. The predicted molar refractivity (Wildman–Crippen MR) is 133 cm³/mol. The monoisotopic (exact) mass is 525 g/mol. The van der Waals surface area contributed by atoms with Crippen LogP contribution in [0.3, 0.4) is 0 Å². The summed E-state index contributed by atoms with van der Waals surface area (Å²) in [5, 5.41) is 16.6. The fourth-order valence-electron chi connectivity index (χ4n) is 3.85. The highest BCUT2D eigenvalue weighted by Crippen LogP contribution is 2.23. The zero-order valence-corrected chi connectivity index (χ0v) is 20.9. The molecule has 1 aromatic carbocycles. The first-order valence-corrected chi connectivity index (χ1v) is 11.8. The van der Waals surface area contributed by atoms with E-state index < -0.39 is 11.9 Å². The number of piperazine rings is 1. The van der Waals surface area contributed by atoms with Gasteiger partial charge in [-0.05, 0) is 24.1 Å². The van der Waals surface area contributed by atoms with Gasteiger partial charge in [-0.2, -0.15) is 0 Å². The largest absolute Gasteiger partial charge is 0.478 e. The minimum atomic E-state index is -1.26. The maximum atomic E-state index is 13.0. The molecule has 190 valence electrons. The van der Waals surface area contributed by atoms with E-state index >= 15 is 0 Å². The number of carbonyl (C=O) groups excluding carboxylic acids is 2. The zero-order valence-electron chi connectivity index (χ0n) is 19.4. The van der Waals surface area contributed by atoms with E-state index in [1.165, 1.54) is 0 Å². The van der Waals surface area contributed by atoms with Crippen molar-refractivity contribution < 1.29 is 29.4 Å². The lowest BCUT2D eigenvalue weighted by Crippen LogP contribution is -2.60. The second kappa shape index (κ2) is 13.9. The van der Waals surface area contributed by atoms with E-state index in [4.69, 9.17) is 33.4 Å². The molecule has 0 saturated carbocycles. The minimum absolute atomic E-state index is 0.00409. The van der Waals surface area contributed by atoms with Crippen molar-refractivity contribution in [3.8, 4) is 0 Å². The van der Waals surface area contributed by atoms with Crippen LogP contribution in [-0.4, -0.2) is 94.0 Å². The number of amides is 2. The second-order valence-electron chi connectivity index (χ2n) is 8.16. The van der Waals surface area contributed by atoms with E-state index in [0.717, 1.165) is 31.6 Å². The van der Waals surface area contributed by atoms with Crippen LogP contribution in [0.5, 0.6) is 0 Å². The number of halogens is 2. The van der Waals surface area contributed by atoms with E-state index in [1.807, 2.05) is 15.9 Å². The normalized spacial score (nSPS) is 18.2. The Bertz CT molecular complexity index is 981. The first-order chi connectivity index (χ1) is 16.6. The third kappa shape index (κ3) is 9.71. The number of rotatable bonds is 6. The number of carboxylic acid groups (broad SMARTS) is 2. The van der Waals surface area contributed by atoms with Crippen molar-refractivity contribution in [2.24, 2.45) is 0 Å². The third-order valence-corrected chi connectivity index (χ3v) is 6.31. The van der Waals surface area contributed by atoms with Gasteiger partial charge in [0.1, 0.15) is 0 Å². The Hall–Kier alpha value is -2.88. The van der Waals surface area contributed by atoms with Crippen molar-refractivity contribution >= 4 is 47.0 Å². The molecule has 1 saturated heterocycles. The Morgan fingerprint density at radius 3 is 2.23 bits per heavy atom. The molecule has 0 bridgehead atoms. The van der Waals surface area contributed by atoms with Gasteiger partial charge in [-0.3, -0.25) is 14.5 Å². The Morgan fingerprint density at radius 1 is 1.00 bits per heavy atom. The Morgan fingerprint density at radius 2 is 1.69 bits per heavy atom. The number of aliphatic carboxylic acids is 2. The summed E-state index contributed by atoms with van der Waals surface area (Å²) in [5.74, 6) is -2.39. The van der Waals surface area contributed by atoms with Gasteiger partial charge in [0.25, 0.3) is 0 Å². The van der Waals surface area contributed by atoms with Crippen LogP contribution in [0.4, 0.5) is 0 Å². The summed E-state index contributed by atoms with van der Waals surface area (Å²) in [6, 6.07) is 5.31. The van der Waals surface area contributed by atoms with Crippen molar-refractivity contribution in [2.75, 3.05) is 39.3 Å². The van der Waals surface area contributed by atoms with Crippen LogP contribution in [0.25, 0.3) is 0 Å². The number of nitrogens with zero attached hydrogens (tertiary/aromatic N) is 3. The molecule has 9 nitrogen and oxygen atoms in total. The van der Waals surface area contributed by atoms with Gasteiger partial charge in [0.2, 0.25) is 11.8 Å². The molecule has 0 spiro atoms. The molecular weight excluding hydrogens is 497 g/mol. The topological polar surface area (TPSA) is 118 Å². The molecule has 35 heavy (non-hydrogen) atoms. The fraction of sp³-hybridized carbons (Fsp3) is 0.417. The van der Waals surface area contributed by atoms with Crippen LogP contribution in [0.1, 0.15) is 18.9 Å². The summed E-state index contributed by atoms with van der Waals surface area (Å²) in [7, 11) is 0. The van der Waals surface area contributed by atoms with Crippen LogP contribution in [0, 0.1) is 0 Å². The van der Waals surface area contributed by atoms with E-state index in [0.29, 0.717) is 41.8 Å². The van der Waals surface area contributed by atoms with E-state index in [9.17, 15) is 19.2 Å². The molecular formula is C24H29Cl2N3O6. The van der Waals surface area contributed by atoms with Gasteiger partial charge in [-0.25, -0.2) is 9.59 Å². The van der Waals surface area contributed by atoms with Crippen LogP contribution in [0.2, 0.25) is 10.0 Å². The van der Waals surface area contributed by atoms with Gasteiger partial charge >= 0.3 is 11.9 Å². The van der Waals surface area contributed by atoms with Crippen LogP contribution in [0.15, 0.2) is 42.5 Å². The molecule has 3 rings (SSSR count). The fourth-order valence-corrected chi connectivity index (χ4v) is 4.17. The maximum Gasteiger partial charge on any atom is 0.328 e. The standard InChI is InChI=1S/C20H25Cl2N3O2.C4H4O4/c1-15(26)24-9-10-25(17(14-24)13-23-7-3-2-4-8-23)20(27)12-16-5-6-18(21)19(22)11-16;5-3(6)1-2-4(7)8/h2-3,5-6,11,17H,4,7-10,12-14H2,1H3;1-2H,(H,5,6)(H,7,8). The minimum Gasteiger partial charge on any atom is -0.478 e. The molecule has 0 radical (unpaired) electrons. The van der Waals surface area contributed by atoms with Gasteiger partial charge < -0.3 is 20.0 Å². The number of carbonyl (C=O) groups is 4. The Balaban J connectivity index is 0.000000466. The highest BCUT2D eigenvalue weighted by Gasteiger charge is 2.32. The molecule has 1 fully saturated rings. The second-order valence-corrected chi connectivity index (χ2v) is 8.98. The smallest absolute Gasteiger partial charge is 0.328 e. The van der Waals surface area contributed by atoms with Crippen molar-refractivity contribution in [2.45, 2.75) is 25.8 Å². The highest BCUT2D eigenvalue weighted by atomic mass is 35.5. The summed E-state index contributed by atoms with van der Waals surface area (Å²) < 4.78 is 0. The van der Waals surface area contributed by atoms with E-state index in [2.05, 4.69) is 17.1 Å². The lowest BCUT2D eigenvalue weighted by molar-refractivity contribution is -0.142. The van der Waals surface area contributed by atoms with Crippen molar-refractivity contribution in [1.82, 2.24) is 14.7 Å². The molecule has 2 N–H and O–H groups in total. The molecule has 0 aliphatic carbocycles. The molecule has 11 heteroatoms. The lowest BCUT2D eigenvalue weighted by Gasteiger charge is -2.43. The van der Waals surface area contributed by atoms with Crippen LogP contribution < -0.4 is 0 Å². The van der Waals surface area contributed by atoms with Crippen molar-refractivity contribution in [3.63, 3.8) is 0 Å². The van der Waals surface area contributed by atoms with Crippen LogP contribution in [-0.2, 0) is 25.6 Å². The van der Waals surface area contributed by atoms with Crippen molar-refractivity contribution in [3.05, 3.63) is 58.1 Å². The summed E-state index contributed by atoms with van der Waals surface area (Å²) >= 11 is 12.0. The van der Waals surface area contributed by atoms with Gasteiger partial charge in [-0.1, -0.05) is 41.4 Å². The molecule has 2 aliphatic rings. The SMILES string of the molecule is CC(=O)N1CCN(C(=O)Cc2ccc(Cl)c(Cl)c2)C(CN2CC=CCC2)C1.O=C(O)C=CC(=O)O. The van der Waals surface area contributed by atoms with Crippen LogP contribution >= 0.6 is 23.2 Å². The summed E-state index contributed by atoms with van der Waals surface area (Å²) in [6.07, 6.45) is 6.78. The Labute approximate surface area is 214 Å². The number of benzene rings is 1. The molecule has 1 aromatic rings. The molecule has 2 heterocycles. The first kappa shape index (κ1) is 28.4. The summed E-state index contributed by atoms with van der Waals surface area (Å²) in [6.45, 7) is 5.98. The molecule has 2 aliphatic heterocycles. The molecule has 2 amide bonds. The number of hydrogen-bond acceptors (Lipinski definition) is 5. The molecule has 0 aromatic heterocycles. The van der Waals surface area contributed by atoms with Gasteiger partial charge in [0.05, 0.1) is 22.5 Å². The predicted octanol–water partition coefficient (Wildman–Crippen LogP) is 2.57. The number of carboxylic acids is 2. The summed E-state index contributed by atoms with van der Waals surface area (Å²) in [5.41, 5.74) is 0.850. The quantitative estimate of drug-likeness (QED) is 0.432. The molecule has 1 unspecified atom stereocenters. The Kier molecular flexibility index (Phi) is 11.2. The third-order valence-electron chi connectivity index (χ3n) is 5.57. The average molecular weight is 526 g/mol. The van der Waals surface area contributed by atoms with Gasteiger partial charge in [0.15, 0.2) is 0 Å². The van der Waals surface area contributed by atoms with Crippen molar-refractivity contribution in [1.29, 1.82) is 0 Å². The number of hydrogen-bond donors (Lipinski definition) is 2.